The number of ether oxygens (including phenoxy) is 1. The number of carbonyl (C=O) groups excluding carboxylic acids is 1. The molecule has 7 heteroatoms. The molecule has 1 fully saturated rings. The monoisotopic (exact) mass is 376 g/mol. The molecule has 1 amide bonds. The lowest BCUT2D eigenvalue weighted by Crippen LogP contribution is -2.46. The first kappa shape index (κ1) is 17.9. The summed E-state index contributed by atoms with van der Waals surface area (Å²) in [6.07, 6.45) is -3.18. The van der Waals surface area contributed by atoms with Crippen molar-refractivity contribution in [3.8, 4) is 0 Å². The summed E-state index contributed by atoms with van der Waals surface area (Å²) in [5, 5.41) is 3.29. The van der Waals surface area contributed by atoms with Gasteiger partial charge in [-0.25, -0.2) is 0 Å². The van der Waals surface area contributed by atoms with Gasteiger partial charge in [-0.2, -0.15) is 13.2 Å². The third-order valence-electron chi connectivity index (χ3n) is 5.00. The van der Waals surface area contributed by atoms with Crippen LogP contribution in [-0.4, -0.2) is 30.1 Å². The number of amides is 1. The van der Waals surface area contributed by atoms with Crippen molar-refractivity contribution in [2.45, 2.75) is 31.3 Å². The number of para-hydroxylation sites is 1. The van der Waals surface area contributed by atoms with Gasteiger partial charge in [0.2, 0.25) is 0 Å². The smallest absolute Gasteiger partial charge is 0.376 e. The third kappa shape index (κ3) is 3.51. The fraction of sp³-hybridized carbons (Fsp3) is 0.350. The average Bonchev–Trinajstić information content (AvgIpc) is 3.16. The van der Waals surface area contributed by atoms with E-state index < -0.39 is 17.9 Å². The first-order valence-electron chi connectivity index (χ1n) is 8.89. The summed E-state index contributed by atoms with van der Waals surface area (Å²) in [4.78, 5) is 14.7. The Bertz CT molecular complexity index is 830. The van der Waals surface area contributed by atoms with E-state index in [0.717, 1.165) is 25.0 Å². The van der Waals surface area contributed by atoms with Gasteiger partial charge < -0.3 is 15.0 Å². The fourth-order valence-corrected chi connectivity index (χ4v) is 3.61. The number of halogens is 3. The molecule has 2 aromatic rings. The third-order valence-corrected chi connectivity index (χ3v) is 5.00. The van der Waals surface area contributed by atoms with E-state index in [-0.39, 0.29) is 12.0 Å². The molecule has 0 bridgehead atoms. The number of nitrogens with zero attached hydrogens (tertiary/aromatic N) is 1. The van der Waals surface area contributed by atoms with Gasteiger partial charge in [0.1, 0.15) is 6.17 Å². The zero-order valence-electron chi connectivity index (χ0n) is 14.5. The summed E-state index contributed by atoms with van der Waals surface area (Å²) < 4.78 is 44.3. The minimum Gasteiger partial charge on any atom is -0.376 e. The van der Waals surface area contributed by atoms with Gasteiger partial charge in [-0.05, 0) is 42.7 Å². The van der Waals surface area contributed by atoms with Crippen LogP contribution in [0.5, 0.6) is 0 Å². The molecule has 4 rings (SSSR count). The van der Waals surface area contributed by atoms with Gasteiger partial charge >= 0.3 is 6.18 Å². The highest BCUT2D eigenvalue weighted by Gasteiger charge is 2.36. The molecule has 0 radical (unpaired) electrons. The van der Waals surface area contributed by atoms with E-state index in [1.165, 1.54) is 12.1 Å². The van der Waals surface area contributed by atoms with E-state index in [1.54, 1.807) is 23.1 Å². The van der Waals surface area contributed by atoms with Gasteiger partial charge in [-0.1, -0.05) is 24.3 Å². The van der Waals surface area contributed by atoms with Crippen LogP contribution in [0.2, 0.25) is 0 Å². The van der Waals surface area contributed by atoms with Gasteiger partial charge in [-0.15, -0.1) is 0 Å². The van der Waals surface area contributed by atoms with E-state index >= 15 is 0 Å². The van der Waals surface area contributed by atoms with Gasteiger partial charge in [0.15, 0.2) is 0 Å². The van der Waals surface area contributed by atoms with Gasteiger partial charge in [0.05, 0.1) is 17.2 Å². The molecule has 2 heterocycles. The Balaban J connectivity index is 1.68. The Morgan fingerprint density at radius 3 is 2.52 bits per heavy atom. The molecule has 2 aliphatic rings. The Morgan fingerprint density at radius 2 is 1.85 bits per heavy atom. The summed E-state index contributed by atoms with van der Waals surface area (Å²) in [7, 11) is 0. The van der Waals surface area contributed by atoms with Crippen LogP contribution in [-0.2, 0) is 10.9 Å². The van der Waals surface area contributed by atoms with Crippen molar-refractivity contribution in [1.82, 2.24) is 4.90 Å². The normalized spacial score (nSPS) is 22.5. The maximum atomic E-state index is 13.1. The minimum absolute atomic E-state index is 0.0574. The average molecular weight is 376 g/mol. The number of fused-ring (bicyclic) bond motifs is 1. The van der Waals surface area contributed by atoms with Crippen LogP contribution < -0.4 is 5.32 Å². The number of nitrogens with one attached hydrogen (secondary N) is 1. The SMILES string of the molecule is O=C1c2ccccc2NC(c2ccc(C(F)(F)F)cc2)N1CC1CCCO1. The van der Waals surface area contributed by atoms with E-state index in [0.29, 0.717) is 30.0 Å². The van der Waals surface area contributed by atoms with Crippen LogP contribution in [0, 0.1) is 0 Å². The largest absolute Gasteiger partial charge is 0.416 e. The first-order chi connectivity index (χ1) is 12.9. The second-order valence-corrected chi connectivity index (χ2v) is 6.80. The lowest BCUT2D eigenvalue weighted by Gasteiger charge is -2.39. The maximum absolute atomic E-state index is 13.1. The van der Waals surface area contributed by atoms with Gasteiger partial charge in [0, 0.05) is 18.8 Å². The molecular formula is C20H19F3N2O2. The van der Waals surface area contributed by atoms with Crippen molar-refractivity contribution in [1.29, 1.82) is 0 Å². The number of anilines is 1. The van der Waals surface area contributed by atoms with Crippen LogP contribution in [0.15, 0.2) is 48.5 Å². The zero-order valence-corrected chi connectivity index (χ0v) is 14.5. The molecule has 4 nitrogen and oxygen atoms in total. The number of benzene rings is 2. The highest BCUT2D eigenvalue weighted by Crippen LogP contribution is 2.35. The number of rotatable bonds is 3. The molecule has 1 saturated heterocycles. The molecule has 1 N–H and O–H groups in total. The van der Waals surface area contributed by atoms with Crippen LogP contribution in [0.3, 0.4) is 0 Å². The Kier molecular flexibility index (Phi) is 4.55. The van der Waals surface area contributed by atoms with Crippen LogP contribution in [0.4, 0.5) is 18.9 Å². The van der Waals surface area contributed by atoms with Gasteiger partial charge in [-0.3, -0.25) is 4.79 Å². The number of alkyl halides is 3. The van der Waals surface area contributed by atoms with Crippen LogP contribution in [0.1, 0.15) is 40.5 Å². The quantitative estimate of drug-likeness (QED) is 0.861. The molecule has 2 atom stereocenters. The van der Waals surface area contributed by atoms with Crippen molar-refractivity contribution in [2.24, 2.45) is 0 Å². The number of carbonyl (C=O) groups is 1. The Labute approximate surface area is 154 Å². The van der Waals surface area contributed by atoms with Crippen molar-refractivity contribution in [2.75, 3.05) is 18.5 Å². The topological polar surface area (TPSA) is 41.6 Å². The van der Waals surface area contributed by atoms with E-state index in [1.807, 2.05) is 6.07 Å². The highest BCUT2D eigenvalue weighted by molar-refractivity contribution is 6.01. The van der Waals surface area contributed by atoms with Gasteiger partial charge in [0.25, 0.3) is 5.91 Å². The van der Waals surface area contributed by atoms with Crippen molar-refractivity contribution >= 4 is 11.6 Å². The van der Waals surface area contributed by atoms with Crippen molar-refractivity contribution in [3.63, 3.8) is 0 Å². The molecule has 27 heavy (non-hydrogen) atoms. The lowest BCUT2D eigenvalue weighted by molar-refractivity contribution is -0.137. The minimum atomic E-state index is -4.39. The van der Waals surface area contributed by atoms with Crippen LogP contribution in [0.25, 0.3) is 0 Å². The predicted octanol–water partition coefficient (Wildman–Crippen LogP) is 4.45. The Hall–Kier alpha value is -2.54. The molecule has 2 aliphatic heterocycles. The fourth-order valence-electron chi connectivity index (χ4n) is 3.61. The molecule has 142 valence electrons. The summed E-state index contributed by atoms with van der Waals surface area (Å²) >= 11 is 0. The second-order valence-electron chi connectivity index (χ2n) is 6.80. The van der Waals surface area contributed by atoms with Crippen molar-refractivity contribution < 1.29 is 22.7 Å². The summed E-state index contributed by atoms with van der Waals surface area (Å²) in [5.74, 6) is -0.148. The second kappa shape index (κ2) is 6.88. The molecule has 0 spiro atoms. The standard InChI is InChI=1S/C20H19F3N2O2/c21-20(22,23)14-9-7-13(8-10-14)18-24-17-6-2-1-5-16(17)19(26)25(18)12-15-4-3-11-27-15/h1-2,5-10,15,18,24H,3-4,11-12H2. The van der Waals surface area contributed by atoms with E-state index in [4.69, 9.17) is 4.74 Å². The molecule has 0 saturated carbocycles. The summed E-state index contributed by atoms with van der Waals surface area (Å²) in [6, 6.07) is 12.1. The zero-order chi connectivity index (χ0) is 19.0. The molecule has 0 aliphatic carbocycles. The maximum Gasteiger partial charge on any atom is 0.416 e. The number of hydrogen-bond acceptors (Lipinski definition) is 3. The summed E-state index contributed by atoms with van der Waals surface area (Å²) in [6.45, 7) is 1.06. The highest BCUT2D eigenvalue weighted by atomic mass is 19.4. The predicted molar refractivity (Wildman–Crippen MR) is 94.3 cm³/mol. The lowest BCUT2D eigenvalue weighted by atomic mass is 10.0. The van der Waals surface area contributed by atoms with E-state index in [9.17, 15) is 18.0 Å². The first-order valence-corrected chi connectivity index (χ1v) is 8.89. The number of hydrogen-bond donors (Lipinski definition) is 1. The van der Waals surface area contributed by atoms with Crippen LogP contribution >= 0.6 is 0 Å². The Morgan fingerprint density at radius 1 is 1.11 bits per heavy atom. The molecular weight excluding hydrogens is 357 g/mol. The molecule has 0 aromatic heterocycles. The summed E-state index contributed by atoms with van der Waals surface area (Å²) in [5.41, 5.74) is 1.12. The molecule has 2 unspecified atom stereocenters. The van der Waals surface area contributed by atoms with Crippen molar-refractivity contribution in [3.05, 3.63) is 65.2 Å². The molecule has 2 aromatic carbocycles. The van der Waals surface area contributed by atoms with E-state index in [2.05, 4.69) is 5.32 Å².